The predicted molar refractivity (Wildman–Crippen MR) is 71.7 cm³/mol. The van der Waals surface area contributed by atoms with E-state index in [0.717, 1.165) is 18.6 Å². The minimum absolute atomic E-state index is 0.618. The molecule has 0 heterocycles. The van der Waals surface area contributed by atoms with Crippen molar-refractivity contribution in [2.45, 2.75) is 45.2 Å². The van der Waals surface area contributed by atoms with Crippen LogP contribution in [0.1, 0.15) is 31.4 Å². The number of hydrogen-bond acceptors (Lipinski definition) is 2. The molecule has 0 amide bonds. The first-order valence-corrected chi connectivity index (χ1v) is 6.50. The van der Waals surface area contributed by atoms with Gasteiger partial charge in [0.2, 0.25) is 0 Å². The smallest absolute Gasteiger partial charge is 0.122 e. The maximum absolute atomic E-state index is 5.44. The molecule has 94 valence electrons. The Morgan fingerprint density at radius 3 is 2.76 bits per heavy atom. The first-order valence-electron chi connectivity index (χ1n) is 6.50. The highest BCUT2D eigenvalue weighted by Crippen LogP contribution is 2.31. The summed E-state index contributed by atoms with van der Waals surface area (Å²) in [7, 11) is 4.00. The van der Waals surface area contributed by atoms with Gasteiger partial charge in [-0.3, -0.25) is 0 Å². The van der Waals surface area contributed by atoms with E-state index in [4.69, 9.17) is 4.74 Å². The number of hydrogen-bond donors (Lipinski definition) is 0. The fourth-order valence-electron chi connectivity index (χ4n) is 2.71. The predicted octanol–water partition coefficient (Wildman–Crippen LogP) is 2.89. The van der Waals surface area contributed by atoms with Gasteiger partial charge in [0.15, 0.2) is 0 Å². The molecule has 0 unspecified atom stereocenters. The molecule has 2 heteroatoms. The molecule has 1 atom stereocenters. The lowest BCUT2D eigenvalue weighted by molar-refractivity contribution is 0.178. The van der Waals surface area contributed by atoms with Gasteiger partial charge in [0.1, 0.15) is 5.75 Å². The monoisotopic (exact) mass is 233 g/mol. The second kappa shape index (κ2) is 5.09. The third kappa shape index (κ3) is 2.47. The second-order valence-electron chi connectivity index (χ2n) is 5.25. The summed E-state index contributed by atoms with van der Waals surface area (Å²) in [6, 6.07) is 7.72. The highest BCUT2D eigenvalue weighted by atomic mass is 16.5. The molecule has 0 radical (unpaired) electrons. The fourth-order valence-corrected chi connectivity index (χ4v) is 2.71. The van der Waals surface area contributed by atoms with Gasteiger partial charge in [0.05, 0.1) is 7.11 Å². The van der Waals surface area contributed by atoms with Gasteiger partial charge in [0, 0.05) is 12.1 Å². The van der Waals surface area contributed by atoms with Crippen molar-refractivity contribution in [1.82, 2.24) is 4.90 Å². The van der Waals surface area contributed by atoms with E-state index in [1.54, 1.807) is 7.11 Å². The van der Waals surface area contributed by atoms with E-state index < -0.39 is 0 Å². The Balaban J connectivity index is 2.19. The van der Waals surface area contributed by atoms with Crippen LogP contribution in [0.4, 0.5) is 0 Å². The molecule has 1 aliphatic rings. The average molecular weight is 233 g/mol. The van der Waals surface area contributed by atoms with Crippen LogP contribution in [0.5, 0.6) is 5.75 Å². The molecule has 0 spiro atoms. The lowest BCUT2D eigenvalue weighted by atomic mass is 9.86. The Kier molecular flexibility index (Phi) is 3.72. The maximum Gasteiger partial charge on any atom is 0.122 e. The molecule has 0 fully saturated rings. The van der Waals surface area contributed by atoms with Gasteiger partial charge < -0.3 is 9.64 Å². The van der Waals surface area contributed by atoms with Crippen LogP contribution in [0.15, 0.2) is 18.2 Å². The summed E-state index contributed by atoms with van der Waals surface area (Å²) in [5.41, 5.74) is 2.89. The van der Waals surface area contributed by atoms with Crippen LogP contribution in [-0.2, 0) is 12.8 Å². The number of rotatable bonds is 3. The summed E-state index contributed by atoms with van der Waals surface area (Å²) in [5.74, 6) is 1.06. The van der Waals surface area contributed by atoms with Crippen LogP contribution in [0.25, 0.3) is 0 Å². The molecular weight excluding hydrogens is 210 g/mol. The van der Waals surface area contributed by atoms with Crippen LogP contribution < -0.4 is 4.74 Å². The Morgan fingerprint density at radius 1 is 1.35 bits per heavy atom. The third-order valence-electron chi connectivity index (χ3n) is 4.02. The van der Waals surface area contributed by atoms with Crippen molar-refractivity contribution in [1.29, 1.82) is 0 Å². The molecular formula is C15H23NO. The van der Waals surface area contributed by atoms with E-state index in [2.05, 4.69) is 44.0 Å². The number of likely N-dealkylation sites (N-methyl/N-ethyl adjacent to an activating group) is 1. The van der Waals surface area contributed by atoms with E-state index in [0.29, 0.717) is 12.1 Å². The van der Waals surface area contributed by atoms with Gasteiger partial charge in [0.25, 0.3) is 0 Å². The van der Waals surface area contributed by atoms with Gasteiger partial charge in [-0.2, -0.15) is 0 Å². The largest absolute Gasteiger partial charge is 0.496 e. The zero-order valence-corrected chi connectivity index (χ0v) is 11.4. The number of nitrogens with zero attached hydrogens (tertiary/aromatic N) is 1. The van der Waals surface area contributed by atoms with Crippen molar-refractivity contribution < 1.29 is 4.74 Å². The molecule has 1 aromatic rings. The van der Waals surface area contributed by atoms with Gasteiger partial charge in [-0.1, -0.05) is 12.1 Å². The molecule has 0 bridgehead atoms. The van der Waals surface area contributed by atoms with Crippen molar-refractivity contribution in [3.05, 3.63) is 29.3 Å². The second-order valence-corrected chi connectivity index (χ2v) is 5.25. The van der Waals surface area contributed by atoms with Gasteiger partial charge in [-0.05, 0) is 57.4 Å². The van der Waals surface area contributed by atoms with Crippen molar-refractivity contribution in [2.24, 2.45) is 0 Å². The molecule has 0 saturated heterocycles. The fraction of sp³-hybridized carbons (Fsp3) is 0.600. The van der Waals surface area contributed by atoms with Crippen LogP contribution in [0.3, 0.4) is 0 Å². The van der Waals surface area contributed by atoms with Crippen molar-refractivity contribution in [2.75, 3.05) is 14.2 Å². The zero-order chi connectivity index (χ0) is 12.4. The Labute approximate surface area is 105 Å². The Bertz CT molecular complexity index is 387. The molecule has 2 nitrogen and oxygen atoms in total. The van der Waals surface area contributed by atoms with Crippen LogP contribution >= 0.6 is 0 Å². The van der Waals surface area contributed by atoms with E-state index in [1.165, 1.54) is 17.5 Å². The number of benzene rings is 1. The lowest BCUT2D eigenvalue weighted by Crippen LogP contribution is -2.40. The molecule has 1 aliphatic carbocycles. The standard InChI is InChI=1S/C15H23NO/c1-11(2)16(3)13-8-9-14-12(10-13)6-5-7-15(14)17-4/h5-7,11,13H,8-10H2,1-4H3/t13-/m0/s1. The molecule has 2 rings (SSSR count). The first-order chi connectivity index (χ1) is 8.13. The first kappa shape index (κ1) is 12.4. The van der Waals surface area contributed by atoms with Gasteiger partial charge in [-0.15, -0.1) is 0 Å². The van der Waals surface area contributed by atoms with Gasteiger partial charge in [-0.25, -0.2) is 0 Å². The van der Waals surface area contributed by atoms with Crippen molar-refractivity contribution in [3.63, 3.8) is 0 Å². The summed E-state index contributed by atoms with van der Waals surface area (Å²) in [5, 5.41) is 0. The Hall–Kier alpha value is -1.02. The summed E-state index contributed by atoms with van der Waals surface area (Å²) >= 11 is 0. The quantitative estimate of drug-likeness (QED) is 0.796. The summed E-state index contributed by atoms with van der Waals surface area (Å²) < 4.78 is 5.44. The maximum atomic E-state index is 5.44. The van der Waals surface area contributed by atoms with E-state index in [9.17, 15) is 0 Å². The van der Waals surface area contributed by atoms with Crippen LogP contribution in [0.2, 0.25) is 0 Å². The normalized spacial score (nSPS) is 19.5. The SMILES string of the molecule is COc1cccc2c1CC[C@H](N(C)C(C)C)C2. The minimum atomic E-state index is 0.618. The molecule has 0 saturated carbocycles. The number of methoxy groups -OCH3 is 1. The molecule has 0 N–H and O–H groups in total. The van der Waals surface area contributed by atoms with Crippen molar-refractivity contribution >= 4 is 0 Å². The van der Waals surface area contributed by atoms with Crippen molar-refractivity contribution in [3.8, 4) is 5.75 Å². The zero-order valence-electron chi connectivity index (χ0n) is 11.4. The Morgan fingerprint density at radius 2 is 2.12 bits per heavy atom. The molecule has 17 heavy (non-hydrogen) atoms. The molecule has 0 aromatic heterocycles. The third-order valence-corrected chi connectivity index (χ3v) is 4.02. The summed E-state index contributed by atoms with van der Waals surface area (Å²) in [6.07, 6.45) is 3.53. The summed E-state index contributed by atoms with van der Waals surface area (Å²) in [6.45, 7) is 4.53. The van der Waals surface area contributed by atoms with E-state index >= 15 is 0 Å². The van der Waals surface area contributed by atoms with Crippen LogP contribution in [-0.4, -0.2) is 31.1 Å². The number of fused-ring (bicyclic) bond motifs is 1. The molecule has 1 aromatic carbocycles. The molecule has 0 aliphatic heterocycles. The summed E-state index contributed by atoms with van der Waals surface area (Å²) in [4.78, 5) is 2.49. The van der Waals surface area contributed by atoms with Crippen LogP contribution in [0, 0.1) is 0 Å². The highest BCUT2D eigenvalue weighted by Gasteiger charge is 2.24. The average Bonchev–Trinajstić information content (AvgIpc) is 2.36. The van der Waals surface area contributed by atoms with E-state index in [1.807, 2.05) is 0 Å². The van der Waals surface area contributed by atoms with E-state index in [-0.39, 0.29) is 0 Å². The topological polar surface area (TPSA) is 12.5 Å². The highest BCUT2D eigenvalue weighted by molar-refractivity contribution is 5.42. The number of ether oxygens (including phenoxy) is 1. The lowest BCUT2D eigenvalue weighted by Gasteiger charge is -2.35. The van der Waals surface area contributed by atoms with Gasteiger partial charge >= 0.3 is 0 Å². The minimum Gasteiger partial charge on any atom is -0.496 e.